The van der Waals surface area contributed by atoms with Crippen LogP contribution in [0.15, 0.2) is 114 Å². The number of rotatable bonds is 8. The van der Waals surface area contributed by atoms with E-state index in [1.165, 1.54) is 11.1 Å². The lowest BCUT2D eigenvalue weighted by atomic mass is 9.88. The van der Waals surface area contributed by atoms with Gasteiger partial charge in [0, 0.05) is 47.0 Å². The van der Waals surface area contributed by atoms with Gasteiger partial charge in [-0.05, 0) is 54.2 Å². The van der Waals surface area contributed by atoms with Gasteiger partial charge in [0.05, 0.1) is 5.92 Å². The smallest absolute Gasteiger partial charge is 0.272 e. The number of amides is 1. The van der Waals surface area contributed by atoms with Gasteiger partial charge in [-0.25, -0.2) is 0 Å². The van der Waals surface area contributed by atoms with Crippen LogP contribution in [0.4, 0.5) is 5.69 Å². The molecule has 4 aromatic carbocycles. The second-order valence-electron chi connectivity index (χ2n) is 11.0. The number of carbonyl (C=O) groups is 1. The van der Waals surface area contributed by atoms with Crippen molar-refractivity contribution in [3.05, 3.63) is 136 Å². The number of hydrogen-bond donors (Lipinski definition) is 2. The topological polar surface area (TPSA) is 65.2 Å². The lowest BCUT2D eigenvalue weighted by molar-refractivity contribution is -0.125. The Kier molecular flexibility index (Phi) is 8.38. The average Bonchev–Trinajstić information content (AvgIpc) is 3.04. The molecule has 6 rings (SSSR count). The highest BCUT2D eigenvalue weighted by atomic mass is 35.5. The number of piperidine rings is 1. The second kappa shape index (κ2) is 12.7. The summed E-state index contributed by atoms with van der Waals surface area (Å²) in [6.45, 7) is 1.78. The summed E-state index contributed by atoms with van der Waals surface area (Å²) in [5, 5.41) is 4.72. The van der Waals surface area contributed by atoms with Crippen LogP contribution in [-0.4, -0.2) is 30.5 Å². The predicted octanol–water partition coefficient (Wildman–Crippen LogP) is 7.40. The fourth-order valence-electron chi connectivity index (χ4n) is 6.23. The van der Waals surface area contributed by atoms with Gasteiger partial charge in [0.25, 0.3) is 5.56 Å². The molecule has 5 nitrogen and oxygen atoms in total. The molecule has 1 aromatic heterocycles. The van der Waals surface area contributed by atoms with Crippen molar-refractivity contribution in [3.63, 3.8) is 0 Å². The van der Waals surface area contributed by atoms with Crippen LogP contribution >= 0.6 is 11.6 Å². The highest BCUT2D eigenvalue weighted by Gasteiger charge is 2.29. The molecular formula is C36H34ClN3O2. The van der Waals surface area contributed by atoms with Gasteiger partial charge in [0.2, 0.25) is 5.91 Å². The summed E-state index contributed by atoms with van der Waals surface area (Å²) in [5.41, 5.74) is 5.47. The number of carbonyl (C=O) groups excluding carboxylic acids is 1. The molecule has 6 heteroatoms. The molecule has 0 aliphatic carbocycles. The van der Waals surface area contributed by atoms with Crippen LogP contribution in [0.1, 0.15) is 36.3 Å². The summed E-state index contributed by atoms with van der Waals surface area (Å²) in [6.07, 6.45) is 2.43. The van der Waals surface area contributed by atoms with Gasteiger partial charge in [-0.15, -0.1) is 0 Å². The van der Waals surface area contributed by atoms with Crippen LogP contribution in [0, 0.1) is 5.92 Å². The maximum absolute atomic E-state index is 13.6. The molecule has 0 spiro atoms. The molecule has 42 heavy (non-hydrogen) atoms. The van der Waals surface area contributed by atoms with Crippen LogP contribution < -0.4 is 15.8 Å². The van der Waals surface area contributed by atoms with E-state index in [-0.39, 0.29) is 23.3 Å². The molecule has 212 valence electrons. The fraction of sp³-hybridized carbons (Fsp3) is 0.222. The van der Waals surface area contributed by atoms with E-state index in [9.17, 15) is 9.59 Å². The van der Waals surface area contributed by atoms with E-state index in [0.717, 1.165) is 41.3 Å². The van der Waals surface area contributed by atoms with Crippen LogP contribution in [-0.2, 0) is 4.79 Å². The summed E-state index contributed by atoms with van der Waals surface area (Å²) in [4.78, 5) is 32.2. The summed E-state index contributed by atoms with van der Waals surface area (Å²) in [7, 11) is 0. The van der Waals surface area contributed by atoms with Crippen molar-refractivity contribution in [2.45, 2.75) is 25.2 Å². The Bertz CT molecular complexity index is 1680. The zero-order valence-electron chi connectivity index (χ0n) is 23.4. The van der Waals surface area contributed by atoms with Gasteiger partial charge in [-0.2, -0.15) is 0 Å². The molecule has 0 saturated carbocycles. The molecule has 1 amide bonds. The van der Waals surface area contributed by atoms with Gasteiger partial charge in [-0.1, -0.05) is 103 Å². The molecule has 1 saturated heterocycles. The van der Waals surface area contributed by atoms with E-state index in [2.05, 4.69) is 63.7 Å². The number of hydrogen-bond acceptors (Lipinski definition) is 3. The van der Waals surface area contributed by atoms with E-state index in [1.54, 1.807) is 6.07 Å². The van der Waals surface area contributed by atoms with E-state index in [1.807, 2.05) is 54.6 Å². The van der Waals surface area contributed by atoms with Gasteiger partial charge in [0.15, 0.2) is 0 Å². The zero-order chi connectivity index (χ0) is 28.9. The molecule has 1 atom stereocenters. The van der Waals surface area contributed by atoms with Gasteiger partial charge in [-0.3, -0.25) is 9.59 Å². The van der Waals surface area contributed by atoms with E-state index >= 15 is 0 Å². The number of pyridine rings is 1. The second-order valence-corrected chi connectivity index (χ2v) is 11.4. The Morgan fingerprint density at radius 3 is 2.21 bits per heavy atom. The maximum atomic E-state index is 13.6. The van der Waals surface area contributed by atoms with Crippen molar-refractivity contribution in [2.24, 2.45) is 5.92 Å². The minimum atomic E-state index is -0.205. The molecule has 5 aromatic rings. The predicted molar refractivity (Wildman–Crippen MR) is 172 cm³/mol. The van der Waals surface area contributed by atoms with Gasteiger partial charge < -0.3 is 15.2 Å². The fourth-order valence-corrected chi connectivity index (χ4v) is 6.40. The molecule has 1 aliphatic heterocycles. The Hall–Kier alpha value is -4.35. The maximum Gasteiger partial charge on any atom is 0.272 e. The van der Waals surface area contributed by atoms with Crippen LogP contribution in [0.25, 0.3) is 22.0 Å². The highest BCUT2D eigenvalue weighted by molar-refractivity contribution is 6.31. The number of nitrogens with zero attached hydrogens (tertiary/aromatic N) is 1. The largest absolute Gasteiger partial charge is 0.366 e. The first kappa shape index (κ1) is 27.8. The van der Waals surface area contributed by atoms with Gasteiger partial charge >= 0.3 is 0 Å². The molecule has 1 unspecified atom stereocenters. The monoisotopic (exact) mass is 575 g/mol. The third-order valence-corrected chi connectivity index (χ3v) is 8.49. The van der Waals surface area contributed by atoms with E-state index in [4.69, 9.17) is 11.6 Å². The van der Waals surface area contributed by atoms with Crippen LogP contribution in [0.3, 0.4) is 0 Å². The third-order valence-electron chi connectivity index (χ3n) is 8.26. The number of aromatic amines is 1. The summed E-state index contributed by atoms with van der Waals surface area (Å²) in [6, 6.07) is 36.4. The Morgan fingerprint density at radius 1 is 0.905 bits per heavy atom. The van der Waals surface area contributed by atoms with Crippen molar-refractivity contribution in [1.82, 2.24) is 10.3 Å². The van der Waals surface area contributed by atoms with E-state index < -0.39 is 0 Å². The third kappa shape index (κ3) is 5.97. The summed E-state index contributed by atoms with van der Waals surface area (Å²) in [5.74, 6) is 0.0387. The van der Waals surface area contributed by atoms with Crippen molar-refractivity contribution in [1.29, 1.82) is 0 Å². The SMILES string of the molecule is O=C(NCCC(c1ccccc1)c1ccccc1)C1CCCN(c2c(-c3ccccc3)c3cc(Cl)ccc3[nH]c2=O)C1. The molecule has 2 N–H and O–H groups in total. The van der Waals surface area contributed by atoms with E-state index in [0.29, 0.717) is 30.3 Å². The van der Waals surface area contributed by atoms with Gasteiger partial charge in [0.1, 0.15) is 5.69 Å². The molecule has 0 radical (unpaired) electrons. The number of anilines is 1. The lowest BCUT2D eigenvalue weighted by Gasteiger charge is -2.34. The van der Waals surface area contributed by atoms with Crippen LogP contribution in [0.2, 0.25) is 5.02 Å². The molecule has 2 heterocycles. The normalized spacial score (nSPS) is 15.2. The number of H-pyrrole nitrogens is 1. The molecular weight excluding hydrogens is 542 g/mol. The molecule has 1 fully saturated rings. The Balaban J connectivity index is 1.22. The number of benzene rings is 4. The first-order valence-corrected chi connectivity index (χ1v) is 15.0. The zero-order valence-corrected chi connectivity index (χ0v) is 24.2. The van der Waals surface area contributed by atoms with Crippen molar-refractivity contribution in [3.8, 4) is 11.1 Å². The number of aromatic nitrogens is 1. The minimum Gasteiger partial charge on any atom is -0.366 e. The first-order valence-electron chi connectivity index (χ1n) is 14.6. The Morgan fingerprint density at radius 2 is 1.55 bits per heavy atom. The lowest BCUT2D eigenvalue weighted by Crippen LogP contribution is -2.45. The van der Waals surface area contributed by atoms with Crippen LogP contribution in [0.5, 0.6) is 0 Å². The average molecular weight is 576 g/mol. The summed E-state index contributed by atoms with van der Waals surface area (Å²) < 4.78 is 0. The number of halogens is 1. The van der Waals surface area contributed by atoms with Crippen molar-refractivity contribution >= 4 is 34.1 Å². The minimum absolute atomic E-state index is 0.0427. The number of nitrogens with one attached hydrogen (secondary N) is 2. The number of fused-ring (bicyclic) bond motifs is 1. The molecule has 0 bridgehead atoms. The molecule has 1 aliphatic rings. The first-order chi connectivity index (χ1) is 20.6. The van der Waals surface area contributed by atoms with Crippen molar-refractivity contribution in [2.75, 3.05) is 24.5 Å². The highest BCUT2D eigenvalue weighted by Crippen LogP contribution is 2.37. The summed E-state index contributed by atoms with van der Waals surface area (Å²) >= 11 is 6.41. The quantitative estimate of drug-likeness (QED) is 0.202. The Labute approximate surface area is 251 Å². The standard InChI is InChI=1S/C36H34ClN3O2/c37-29-18-19-32-31(23-29)33(27-15-8-3-9-16-27)34(36(42)39-32)40-22-10-17-28(24-40)35(41)38-21-20-30(25-11-4-1-5-12-25)26-13-6-2-7-14-26/h1-9,11-16,18-19,23,28,30H,10,17,20-22,24H2,(H,38,41)(H,39,42). The van der Waals surface area contributed by atoms with Crippen molar-refractivity contribution < 1.29 is 4.79 Å².